The topological polar surface area (TPSA) is 105 Å². The van der Waals surface area contributed by atoms with Crippen LogP contribution in [0.15, 0.2) is 108 Å². The van der Waals surface area contributed by atoms with E-state index in [1.165, 1.54) is 17.0 Å². The van der Waals surface area contributed by atoms with E-state index in [-0.39, 0.29) is 23.0 Å². The fourth-order valence-corrected chi connectivity index (χ4v) is 6.22. The quantitative estimate of drug-likeness (QED) is 0.185. The average Bonchev–Trinajstić information content (AvgIpc) is 3.05. The Balaban J connectivity index is 1.72. The monoisotopic (exact) mass is 629 g/mol. The Kier molecular flexibility index (Phi) is 11.2. The van der Waals surface area contributed by atoms with Crippen molar-refractivity contribution in [3.05, 3.63) is 114 Å². The van der Waals surface area contributed by atoms with Gasteiger partial charge in [0.2, 0.25) is 11.8 Å². The first-order valence-electron chi connectivity index (χ1n) is 14.8. The van der Waals surface area contributed by atoms with Crippen LogP contribution < -0.4 is 19.1 Å². The Labute approximate surface area is 265 Å². The molecular formula is C35H39N3O6S. The van der Waals surface area contributed by atoms with Crippen LogP contribution in [0, 0.1) is 6.92 Å². The van der Waals surface area contributed by atoms with Gasteiger partial charge in [-0.2, -0.15) is 0 Å². The molecule has 236 valence electrons. The number of methoxy groups -OCH3 is 1. The number of amides is 2. The number of carbonyl (C=O) groups excluding carboxylic acids is 2. The van der Waals surface area contributed by atoms with Crippen LogP contribution in [0.5, 0.6) is 17.2 Å². The molecule has 0 aliphatic rings. The van der Waals surface area contributed by atoms with E-state index in [9.17, 15) is 18.0 Å². The van der Waals surface area contributed by atoms with E-state index in [2.05, 4.69) is 5.32 Å². The van der Waals surface area contributed by atoms with Gasteiger partial charge in [-0.3, -0.25) is 13.9 Å². The molecule has 0 aliphatic carbocycles. The van der Waals surface area contributed by atoms with Crippen molar-refractivity contribution >= 4 is 27.5 Å². The van der Waals surface area contributed by atoms with Gasteiger partial charge in [-0.15, -0.1) is 0 Å². The summed E-state index contributed by atoms with van der Waals surface area (Å²) in [6.07, 6.45) is 0.337. The summed E-state index contributed by atoms with van der Waals surface area (Å²) < 4.78 is 40.5. The van der Waals surface area contributed by atoms with Gasteiger partial charge in [0, 0.05) is 13.1 Å². The van der Waals surface area contributed by atoms with Gasteiger partial charge in [0.1, 0.15) is 29.8 Å². The standard InChI is InChI=1S/C35H39N3O6S/c1-5-33(35(40)36-6-2)37(24-27-14-18-29(43-4)19-15-27)34(39)25-38(45(41,42)32-22-12-26(3)13-23-32)28-16-20-31(21-17-28)44-30-10-8-7-9-11-30/h7-23,33H,5-6,24-25H2,1-4H3,(H,36,40)/t33-/m0/s1. The molecule has 4 aromatic rings. The predicted octanol–water partition coefficient (Wildman–Crippen LogP) is 5.93. The Morgan fingerprint density at radius 2 is 1.40 bits per heavy atom. The zero-order valence-electron chi connectivity index (χ0n) is 26.0. The second-order valence-corrected chi connectivity index (χ2v) is 12.3. The number of likely N-dealkylation sites (N-methyl/N-ethyl adjacent to an activating group) is 1. The molecule has 10 heteroatoms. The van der Waals surface area contributed by atoms with Crippen molar-refractivity contribution < 1.29 is 27.5 Å². The number of rotatable bonds is 14. The molecule has 0 aromatic heterocycles. The van der Waals surface area contributed by atoms with Crippen LogP contribution in [0.3, 0.4) is 0 Å². The lowest BCUT2D eigenvalue weighted by Crippen LogP contribution is -2.52. The second kappa shape index (κ2) is 15.3. The molecule has 0 bridgehead atoms. The number of carbonyl (C=O) groups is 2. The molecule has 0 fully saturated rings. The van der Waals surface area contributed by atoms with Crippen molar-refractivity contribution in [3.8, 4) is 17.2 Å². The fourth-order valence-electron chi connectivity index (χ4n) is 4.81. The van der Waals surface area contributed by atoms with Crippen LogP contribution in [0.4, 0.5) is 5.69 Å². The van der Waals surface area contributed by atoms with E-state index in [1.54, 1.807) is 62.6 Å². The smallest absolute Gasteiger partial charge is 0.264 e. The summed E-state index contributed by atoms with van der Waals surface area (Å²) in [5, 5.41) is 2.81. The maximum atomic E-state index is 14.2. The molecule has 1 N–H and O–H groups in total. The maximum Gasteiger partial charge on any atom is 0.264 e. The van der Waals surface area contributed by atoms with Crippen molar-refractivity contribution in [1.82, 2.24) is 10.2 Å². The minimum absolute atomic E-state index is 0.0444. The van der Waals surface area contributed by atoms with E-state index < -0.39 is 28.5 Å². The first-order valence-corrected chi connectivity index (χ1v) is 16.2. The molecule has 4 rings (SSSR count). The minimum atomic E-state index is -4.19. The first-order chi connectivity index (χ1) is 21.7. The van der Waals surface area contributed by atoms with Crippen LogP contribution in [0.25, 0.3) is 0 Å². The molecular weight excluding hydrogens is 590 g/mol. The Morgan fingerprint density at radius 1 is 0.800 bits per heavy atom. The van der Waals surface area contributed by atoms with Crippen molar-refractivity contribution in [2.75, 3.05) is 24.5 Å². The summed E-state index contributed by atoms with van der Waals surface area (Å²) >= 11 is 0. The van der Waals surface area contributed by atoms with E-state index >= 15 is 0 Å². The van der Waals surface area contributed by atoms with E-state index in [0.29, 0.717) is 30.2 Å². The average molecular weight is 630 g/mol. The van der Waals surface area contributed by atoms with Gasteiger partial charge in [0.25, 0.3) is 10.0 Å². The van der Waals surface area contributed by atoms with Crippen LogP contribution in [0.1, 0.15) is 31.4 Å². The highest BCUT2D eigenvalue weighted by Gasteiger charge is 2.33. The lowest BCUT2D eigenvalue weighted by molar-refractivity contribution is -0.140. The minimum Gasteiger partial charge on any atom is -0.497 e. The third-order valence-electron chi connectivity index (χ3n) is 7.24. The van der Waals surface area contributed by atoms with Crippen LogP contribution in [-0.2, 0) is 26.2 Å². The molecule has 1 atom stereocenters. The van der Waals surface area contributed by atoms with Crippen LogP contribution in [-0.4, -0.2) is 51.4 Å². The van der Waals surface area contributed by atoms with Gasteiger partial charge in [-0.25, -0.2) is 8.42 Å². The first kappa shape index (κ1) is 33.1. The van der Waals surface area contributed by atoms with Gasteiger partial charge in [-0.1, -0.05) is 55.0 Å². The number of nitrogens with one attached hydrogen (secondary N) is 1. The van der Waals surface area contributed by atoms with Crippen molar-refractivity contribution in [2.45, 2.75) is 44.7 Å². The number of hydrogen-bond acceptors (Lipinski definition) is 6. The van der Waals surface area contributed by atoms with E-state index in [4.69, 9.17) is 9.47 Å². The summed E-state index contributed by atoms with van der Waals surface area (Å²) in [7, 11) is -2.62. The summed E-state index contributed by atoms with van der Waals surface area (Å²) in [5.74, 6) is 0.964. The maximum absolute atomic E-state index is 14.2. The molecule has 0 spiro atoms. The largest absolute Gasteiger partial charge is 0.497 e. The normalized spacial score (nSPS) is 11.7. The summed E-state index contributed by atoms with van der Waals surface area (Å²) in [6.45, 7) is 5.46. The van der Waals surface area contributed by atoms with E-state index in [1.807, 2.05) is 56.3 Å². The molecule has 0 aliphatic heterocycles. The number of nitrogens with zero attached hydrogens (tertiary/aromatic N) is 2. The number of benzene rings is 4. The molecule has 2 amide bonds. The summed E-state index contributed by atoms with van der Waals surface area (Å²) in [4.78, 5) is 28.8. The molecule has 0 saturated heterocycles. The highest BCUT2D eigenvalue weighted by molar-refractivity contribution is 7.92. The second-order valence-electron chi connectivity index (χ2n) is 10.4. The Bertz CT molecular complexity index is 1660. The highest BCUT2D eigenvalue weighted by Crippen LogP contribution is 2.29. The molecule has 0 unspecified atom stereocenters. The number of sulfonamides is 1. The van der Waals surface area contributed by atoms with Crippen LogP contribution in [0.2, 0.25) is 0 Å². The van der Waals surface area contributed by atoms with Gasteiger partial charge in [0.05, 0.1) is 17.7 Å². The Hall–Kier alpha value is -4.83. The summed E-state index contributed by atoms with van der Waals surface area (Å²) in [5.41, 5.74) is 1.94. The van der Waals surface area contributed by atoms with E-state index in [0.717, 1.165) is 15.4 Å². The fraction of sp³-hybridized carbons (Fsp3) is 0.257. The van der Waals surface area contributed by atoms with Crippen molar-refractivity contribution in [2.24, 2.45) is 0 Å². The predicted molar refractivity (Wildman–Crippen MR) is 175 cm³/mol. The summed E-state index contributed by atoms with van der Waals surface area (Å²) in [6, 6.07) is 28.6. The highest BCUT2D eigenvalue weighted by atomic mass is 32.2. The van der Waals surface area contributed by atoms with Gasteiger partial charge >= 0.3 is 0 Å². The third kappa shape index (κ3) is 8.42. The van der Waals surface area contributed by atoms with Crippen molar-refractivity contribution in [3.63, 3.8) is 0 Å². The third-order valence-corrected chi connectivity index (χ3v) is 9.03. The molecule has 0 heterocycles. The van der Waals surface area contributed by atoms with Gasteiger partial charge < -0.3 is 19.7 Å². The van der Waals surface area contributed by atoms with Crippen LogP contribution >= 0.6 is 0 Å². The number of para-hydroxylation sites is 1. The lowest BCUT2D eigenvalue weighted by atomic mass is 10.1. The van der Waals surface area contributed by atoms with Gasteiger partial charge in [0.15, 0.2) is 0 Å². The number of ether oxygens (including phenoxy) is 2. The molecule has 4 aromatic carbocycles. The molecule has 0 saturated carbocycles. The molecule has 45 heavy (non-hydrogen) atoms. The van der Waals surface area contributed by atoms with Crippen molar-refractivity contribution in [1.29, 1.82) is 0 Å². The lowest BCUT2D eigenvalue weighted by Gasteiger charge is -2.33. The zero-order chi connectivity index (χ0) is 32.4. The van der Waals surface area contributed by atoms with Gasteiger partial charge in [-0.05, 0) is 86.5 Å². The Morgan fingerprint density at radius 3 is 1.98 bits per heavy atom. The number of hydrogen-bond donors (Lipinski definition) is 1. The SMILES string of the molecule is CCNC(=O)[C@H](CC)N(Cc1ccc(OC)cc1)C(=O)CN(c1ccc(Oc2ccccc2)cc1)S(=O)(=O)c1ccc(C)cc1. The zero-order valence-corrected chi connectivity index (χ0v) is 26.8. The molecule has 9 nitrogen and oxygen atoms in total. The molecule has 0 radical (unpaired) electrons. The number of aryl methyl sites for hydroxylation is 1. The number of anilines is 1.